The Morgan fingerprint density at radius 3 is 2.13 bits per heavy atom. The second-order valence-electron chi connectivity index (χ2n) is 3.02. The predicted octanol–water partition coefficient (Wildman–Crippen LogP) is -2.72. The fraction of sp³-hybridized carbons (Fsp3) is 1.00. The SMILES string of the molecule is CCOP([O-])(=S)N(C(C)C)S(C)(=O)=O.[K+]. The van der Waals surface area contributed by atoms with Crippen molar-refractivity contribution in [3.63, 3.8) is 0 Å². The molecule has 0 amide bonds. The molecule has 86 valence electrons. The topological polar surface area (TPSA) is 69.7 Å². The van der Waals surface area contributed by atoms with Crippen LogP contribution in [0.5, 0.6) is 0 Å². The molecule has 0 radical (unpaired) electrons. The molecule has 0 heterocycles. The minimum Gasteiger partial charge on any atom is -0.789 e. The third-order valence-electron chi connectivity index (χ3n) is 1.32. The number of sulfonamides is 1. The molecular weight excluding hydrogens is 284 g/mol. The van der Waals surface area contributed by atoms with E-state index in [1.807, 2.05) is 0 Å². The Kier molecular flexibility index (Phi) is 9.77. The molecule has 0 rings (SSSR count). The van der Waals surface area contributed by atoms with E-state index in [9.17, 15) is 13.3 Å². The second kappa shape index (κ2) is 7.53. The van der Waals surface area contributed by atoms with E-state index in [-0.39, 0.29) is 58.0 Å². The Bertz CT molecular complexity index is 332. The molecule has 0 aromatic carbocycles. The van der Waals surface area contributed by atoms with Crippen molar-refractivity contribution in [1.82, 2.24) is 4.08 Å². The van der Waals surface area contributed by atoms with Gasteiger partial charge in [-0.05, 0) is 20.8 Å². The first kappa shape index (κ1) is 19.5. The Morgan fingerprint density at radius 2 is 1.93 bits per heavy atom. The van der Waals surface area contributed by atoms with Crippen molar-refractivity contribution in [2.75, 3.05) is 12.9 Å². The number of nitrogens with zero attached hydrogens (tertiary/aromatic N) is 1. The van der Waals surface area contributed by atoms with Gasteiger partial charge in [0.25, 0.3) is 0 Å². The summed E-state index contributed by atoms with van der Waals surface area (Å²) in [5, 5.41) is 0. The van der Waals surface area contributed by atoms with Gasteiger partial charge in [0.05, 0.1) is 12.9 Å². The summed E-state index contributed by atoms with van der Waals surface area (Å²) in [5.74, 6) is 0. The average Bonchev–Trinajstić information content (AvgIpc) is 1.78. The molecule has 0 aliphatic rings. The van der Waals surface area contributed by atoms with Crippen molar-refractivity contribution in [2.24, 2.45) is 0 Å². The van der Waals surface area contributed by atoms with Crippen molar-refractivity contribution >= 4 is 28.5 Å². The Morgan fingerprint density at radius 1 is 1.53 bits per heavy atom. The number of rotatable bonds is 5. The zero-order valence-electron chi connectivity index (χ0n) is 9.63. The largest absolute Gasteiger partial charge is 1.00 e. The van der Waals surface area contributed by atoms with Crippen LogP contribution in [-0.4, -0.2) is 31.4 Å². The van der Waals surface area contributed by atoms with Crippen LogP contribution in [0, 0.1) is 0 Å². The standard InChI is InChI=1S/C6H16NO4PS2.K/c1-5-11-12(8,13)7(6(2)3)14(4,9)10;/h6H,5H2,1-4H3,(H,8,13);/q;+1/p-1. The van der Waals surface area contributed by atoms with Crippen LogP contribution in [0.2, 0.25) is 0 Å². The summed E-state index contributed by atoms with van der Waals surface area (Å²) in [6, 6.07) is -0.472. The minimum absolute atomic E-state index is 0. The van der Waals surface area contributed by atoms with Crippen LogP contribution >= 0.6 is 6.64 Å². The van der Waals surface area contributed by atoms with Gasteiger partial charge in [-0.15, -0.1) is 0 Å². The molecule has 0 bridgehead atoms. The molecule has 0 saturated heterocycles. The van der Waals surface area contributed by atoms with Crippen molar-refractivity contribution < 1.29 is 69.2 Å². The summed E-state index contributed by atoms with van der Waals surface area (Å²) in [6.07, 6.45) is 0.963. The van der Waals surface area contributed by atoms with Gasteiger partial charge in [0.1, 0.15) is 0 Å². The van der Waals surface area contributed by atoms with Crippen LogP contribution in [0.3, 0.4) is 0 Å². The van der Waals surface area contributed by atoms with E-state index in [2.05, 4.69) is 11.8 Å². The van der Waals surface area contributed by atoms with E-state index < -0.39 is 22.7 Å². The maximum atomic E-state index is 11.7. The van der Waals surface area contributed by atoms with Crippen LogP contribution in [0.25, 0.3) is 0 Å². The van der Waals surface area contributed by atoms with Crippen molar-refractivity contribution in [3.8, 4) is 0 Å². The number of hydrogen-bond acceptors (Lipinski definition) is 5. The molecular formula is C6H15KNO4PS2. The van der Waals surface area contributed by atoms with Gasteiger partial charge in [-0.3, -0.25) is 0 Å². The van der Waals surface area contributed by atoms with Crippen LogP contribution in [0.1, 0.15) is 20.8 Å². The van der Waals surface area contributed by atoms with Gasteiger partial charge in [-0.1, -0.05) is 11.8 Å². The molecule has 0 spiro atoms. The van der Waals surface area contributed by atoms with Crippen molar-refractivity contribution in [2.45, 2.75) is 26.8 Å². The Hall–Kier alpha value is 2.12. The Balaban J connectivity index is 0. The molecule has 1 atom stereocenters. The summed E-state index contributed by atoms with van der Waals surface area (Å²) in [7, 11) is -3.60. The van der Waals surface area contributed by atoms with Gasteiger partial charge in [0.15, 0.2) is 0 Å². The first-order chi connectivity index (χ1) is 6.13. The van der Waals surface area contributed by atoms with E-state index >= 15 is 0 Å². The maximum absolute atomic E-state index is 11.7. The molecule has 9 heteroatoms. The molecule has 0 aromatic heterocycles. The molecule has 1 unspecified atom stereocenters. The third-order valence-corrected chi connectivity index (χ3v) is 6.63. The predicted molar refractivity (Wildman–Crippen MR) is 57.7 cm³/mol. The van der Waals surface area contributed by atoms with Gasteiger partial charge in [0.2, 0.25) is 10.0 Å². The van der Waals surface area contributed by atoms with Crippen LogP contribution < -0.4 is 56.3 Å². The summed E-state index contributed by atoms with van der Waals surface area (Å²) in [6.45, 7) is 1.28. The van der Waals surface area contributed by atoms with Gasteiger partial charge in [-0.2, -0.15) is 4.08 Å². The fourth-order valence-electron chi connectivity index (χ4n) is 1.07. The van der Waals surface area contributed by atoms with Gasteiger partial charge >= 0.3 is 51.4 Å². The van der Waals surface area contributed by atoms with Gasteiger partial charge in [-0.25, -0.2) is 8.42 Å². The monoisotopic (exact) mass is 299 g/mol. The normalized spacial score (nSPS) is 16.2. The summed E-state index contributed by atoms with van der Waals surface area (Å²) in [5.41, 5.74) is 0. The molecule has 5 nitrogen and oxygen atoms in total. The van der Waals surface area contributed by atoms with E-state index in [4.69, 9.17) is 4.52 Å². The fourth-order valence-corrected chi connectivity index (χ4v) is 6.41. The quantitative estimate of drug-likeness (QED) is 0.408. The average molecular weight is 299 g/mol. The smallest absolute Gasteiger partial charge is 0.789 e. The van der Waals surface area contributed by atoms with Crippen molar-refractivity contribution in [1.29, 1.82) is 0 Å². The van der Waals surface area contributed by atoms with Crippen LogP contribution in [0.4, 0.5) is 0 Å². The van der Waals surface area contributed by atoms with E-state index in [1.54, 1.807) is 20.8 Å². The van der Waals surface area contributed by atoms with Crippen LogP contribution in [-0.2, 0) is 26.4 Å². The van der Waals surface area contributed by atoms with E-state index in [1.165, 1.54) is 0 Å². The zero-order valence-corrected chi connectivity index (χ0v) is 15.3. The van der Waals surface area contributed by atoms with Crippen LogP contribution in [0.15, 0.2) is 0 Å². The molecule has 0 aliphatic carbocycles. The first-order valence-electron chi connectivity index (χ1n) is 4.08. The van der Waals surface area contributed by atoms with Crippen molar-refractivity contribution in [3.05, 3.63) is 0 Å². The van der Waals surface area contributed by atoms with E-state index in [0.717, 1.165) is 10.3 Å². The van der Waals surface area contributed by atoms with E-state index in [0.29, 0.717) is 0 Å². The third kappa shape index (κ3) is 6.57. The number of hydrogen-bond donors (Lipinski definition) is 0. The maximum Gasteiger partial charge on any atom is 1.00 e. The molecule has 0 aromatic rings. The molecule has 0 aliphatic heterocycles. The summed E-state index contributed by atoms with van der Waals surface area (Å²) < 4.78 is 28.1. The first-order valence-corrected chi connectivity index (χ1v) is 8.52. The molecule has 0 saturated carbocycles. The molecule has 0 fully saturated rings. The van der Waals surface area contributed by atoms with Gasteiger partial charge < -0.3 is 9.42 Å². The molecule has 15 heavy (non-hydrogen) atoms. The molecule has 0 N–H and O–H groups in total. The second-order valence-corrected chi connectivity index (χ2v) is 8.16. The van der Waals surface area contributed by atoms with Gasteiger partial charge in [0, 0.05) is 12.6 Å². The summed E-state index contributed by atoms with van der Waals surface area (Å²) in [4.78, 5) is 11.7. The Labute approximate surface area is 139 Å². The minimum atomic E-state index is -3.65. The summed E-state index contributed by atoms with van der Waals surface area (Å²) >= 11 is 4.67. The zero-order chi connectivity index (χ0) is 11.6.